The highest BCUT2D eigenvalue weighted by atomic mass is 79.9. The Morgan fingerprint density at radius 2 is 2.15 bits per heavy atom. The van der Waals surface area contributed by atoms with Crippen LogP contribution in [0.25, 0.3) is 0 Å². The largest absolute Gasteiger partial charge is 0.338 e. The lowest BCUT2D eigenvalue weighted by molar-refractivity contribution is 0.548. The molecule has 0 saturated carbocycles. The molecule has 20 heavy (non-hydrogen) atoms. The average Bonchev–Trinajstić information content (AvgIpc) is 2.86. The first-order valence-electron chi connectivity index (χ1n) is 7.13. The van der Waals surface area contributed by atoms with Gasteiger partial charge in [0.1, 0.15) is 5.82 Å². The van der Waals surface area contributed by atoms with E-state index in [2.05, 4.69) is 69.0 Å². The Balaban J connectivity index is 2.08. The van der Waals surface area contributed by atoms with Gasteiger partial charge in [-0.05, 0) is 30.5 Å². The first-order valence-corrected chi connectivity index (χ1v) is 7.93. The number of hydrogen-bond donors (Lipinski definition) is 1. The van der Waals surface area contributed by atoms with Crippen molar-refractivity contribution in [1.82, 2.24) is 14.9 Å². The van der Waals surface area contributed by atoms with Crippen molar-refractivity contribution in [2.45, 2.75) is 25.7 Å². The van der Waals surface area contributed by atoms with Gasteiger partial charge >= 0.3 is 0 Å². The van der Waals surface area contributed by atoms with Crippen LogP contribution in [0.2, 0.25) is 0 Å². The smallest absolute Gasteiger partial charge is 0.108 e. The SMILES string of the molecule is CCNCC(CCc1nccn1C)c1ccccc1Br. The lowest BCUT2D eigenvalue weighted by Crippen LogP contribution is -2.22. The molecule has 0 bridgehead atoms. The highest BCUT2D eigenvalue weighted by molar-refractivity contribution is 9.10. The Labute approximate surface area is 129 Å². The van der Waals surface area contributed by atoms with Gasteiger partial charge in [0.2, 0.25) is 0 Å². The Morgan fingerprint density at radius 1 is 1.35 bits per heavy atom. The van der Waals surface area contributed by atoms with Crippen molar-refractivity contribution in [3.05, 3.63) is 52.5 Å². The summed E-state index contributed by atoms with van der Waals surface area (Å²) >= 11 is 3.67. The van der Waals surface area contributed by atoms with Crippen LogP contribution in [0.15, 0.2) is 41.1 Å². The number of imidazole rings is 1. The Bertz CT molecular complexity index is 536. The maximum absolute atomic E-state index is 4.41. The molecule has 0 radical (unpaired) electrons. The molecule has 1 unspecified atom stereocenters. The van der Waals surface area contributed by atoms with Gasteiger partial charge in [-0.3, -0.25) is 0 Å². The summed E-state index contributed by atoms with van der Waals surface area (Å²) in [4.78, 5) is 4.41. The number of aryl methyl sites for hydroxylation is 2. The fourth-order valence-corrected chi connectivity index (χ4v) is 3.04. The second-order valence-corrected chi connectivity index (χ2v) is 5.87. The van der Waals surface area contributed by atoms with Crippen molar-refractivity contribution in [3.63, 3.8) is 0 Å². The lowest BCUT2D eigenvalue weighted by atomic mass is 9.94. The van der Waals surface area contributed by atoms with Crippen LogP contribution in [0.5, 0.6) is 0 Å². The molecule has 2 rings (SSSR count). The number of rotatable bonds is 7. The molecular formula is C16H22BrN3. The third kappa shape index (κ3) is 3.93. The van der Waals surface area contributed by atoms with Gasteiger partial charge in [-0.15, -0.1) is 0 Å². The highest BCUT2D eigenvalue weighted by Gasteiger charge is 2.15. The molecule has 0 amide bonds. The molecule has 0 saturated heterocycles. The molecule has 1 aromatic carbocycles. The van der Waals surface area contributed by atoms with Crippen molar-refractivity contribution in [2.24, 2.45) is 7.05 Å². The minimum atomic E-state index is 0.502. The standard InChI is InChI=1S/C16H22BrN3/c1-3-18-12-13(14-6-4-5-7-15(14)17)8-9-16-19-10-11-20(16)2/h4-7,10-11,13,18H,3,8-9,12H2,1-2H3. The van der Waals surface area contributed by atoms with Crippen LogP contribution < -0.4 is 5.32 Å². The molecule has 1 N–H and O–H groups in total. The second kappa shape index (κ2) is 7.60. The van der Waals surface area contributed by atoms with E-state index in [1.165, 1.54) is 10.0 Å². The van der Waals surface area contributed by atoms with E-state index >= 15 is 0 Å². The van der Waals surface area contributed by atoms with Crippen LogP contribution in [-0.2, 0) is 13.5 Å². The van der Waals surface area contributed by atoms with Crippen LogP contribution in [0.1, 0.15) is 30.7 Å². The zero-order valence-corrected chi connectivity index (χ0v) is 13.7. The van der Waals surface area contributed by atoms with Gasteiger partial charge in [0, 0.05) is 36.9 Å². The molecule has 1 atom stereocenters. The summed E-state index contributed by atoms with van der Waals surface area (Å²) < 4.78 is 3.30. The van der Waals surface area contributed by atoms with Gasteiger partial charge in [0.15, 0.2) is 0 Å². The molecule has 0 aliphatic heterocycles. The molecule has 108 valence electrons. The Morgan fingerprint density at radius 3 is 2.80 bits per heavy atom. The third-order valence-corrected chi connectivity index (χ3v) is 4.35. The Kier molecular flexibility index (Phi) is 5.80. The second-order valence-electron chi connectivity index (χ2n) is 5.02. The summed E-state index contributed by atoms with van der Waals surface area (Å²) in [6.07, 6.45) is 5.97. The summed E-state index contributed by atoms with van der Waals surface area (Å²) in [6.45, 7) is 4.16. The van der Waals surface area contributed by atoms with Crippen molar-refractivity contribution in [1.29, 1.82) is 0 Å². The van der Waals surface area contributed by atoms with Crippen molar-refractivity contribution in [3.8, 4) is 0 Å². The number of nitrogens with one attached hydrogen (secondary N) is 1. The molecular weight excluding hydrogens is 314 g/mol. The van der Waals surface area contributed by atoms with Crippen molar-refractivity contribution < 1.29 is 0 Å². The molecule has 0 fully saturated rings. The van der Waals surface area contributed by atoms with Gasteiger partial charge < -0.3 is 9.88 Å². The predicted molar refractivity (Wildman–Crippen MR) is 87.0 cm³/mol. The molecule has 3 nitrogen and oxygen atoms in total. The summed E-state index contributed by atoms with van der Waals surface area (Å²) in [6, 6.07) is 8.51. The van der Waals surface area contributed by atoms with Crippen LogP contribution in [0.3, 0.4) is 0 Å². The number of halogens is 1. The third-order valence-electron chi connectivity index (χ3n) is 3.62. The fraction of sp³-hybridized carbons (Fsp3) is 0.438. The summed E-state index contributed by atoms with van der Waals surface area (Å²) in [5.74, 6) is 1.65. The van der Waals surface area contributed by atoms with Gasteiger partial charge in [-0.2, -0.15) is 0 Å². The van der Waals surface area contributed by atoms with Crippen LogP contribution >= 0.6 is 15.9 Å². The van der Waals surface area contributed by atoms with E-state index in [1.807, 2.05) is 12.4 Å². The summed E-state index contributed by atoms with van der Waals surface area (Å²) in [5, 5.41) is 3.47. The van der Waals surface area contributed by atoms with Crippen LogP contribution in [0.4, 0.5) is 0 Å². The first-order chi connectivity index (χ1) is 9.72. The zero-order chi connectivity index (χ0) is 14.4. The van der Waals surface area contributed by atoms with Gasteiger partial charge in [0.25, 0.3) is 0 Å². The van der Waals surface area contributed by atoms with Gasteiger partial charge in [0.05, 0.1) is 0 Å². The van der Waals surface area contributed by atoms with Crippen molar-refractivity contribution >= 4 is 15.9 Å². The molecule has 0 aliphatic rings. The van der Waals surface area contributed by atoms with Crippen LogP contribution in [0, 0.1) is 0 Å². The number of benzene rings is 1. The monoisotopic (exact) mass is 335 g/mol. The molecule has 2 aromatic rings. The molecule has 1 aromatic heterocycles. The van der Waals surface area contributed by atoms with Crippen LogP contribution in [-0.4, -0.2) is 22.6 Å². The minimum Gasteiger partial charge on any atom is -0.338 e. The van der Waals surface area contributed by atoms with E-state index in [-0.39, 0.29) is 0 Å². The normalized spacial score (nSPS) is 12.6. The summed E-state index contributed by atoms with van der Waals surface area (Å²) in [7, 11) is 2.06. The van der Waals surface area contributed by atoms with E-state index in [9.17, 15) is 0 Å². The number of hydrogen-bond acceptors (Lipinski definition) is 2. The number of likely N-dealkylation sites (N-methyl/N-ethyl adjacent to an activating group) is 1. The van der Waals surface area contributed by atoms with E-state index < -0.39 is 0 Å². The van der Waals surface area contributed by atoms with E-state index in [0.29, 0.717) is 5.92 Å². The topological polar surface area (TPSA) is 29.9 Å². The zero-order valence-electron chi connectivity index (χ0n) is 12.1. The van der Waals surface area contributed by atoms with Gasteiger partial charge in [-0.25, -0.2) is 4.98 Å². The fourth-order valence-electron chi connectivity index (χ4n) is 2.43. The maximum Gasteiger partial charge on any atom is 0.108 e. The molecule has 4 heteroatoms. The average molecular weight is 336 g/mol. The molecule has 0 aliphatic carbocycles. The number of nitrogens with zero attached hydrogens (tertiary/aromatic N) is 2. The van der Waals surface area contributed by atoms with E-state index in [0.717, 1.165) is 31.8 Å². The van der Waals surface area contributed by atoms with Crippen molar-refractivity contribution in [2.75, 3.05) is 13.1 Å². The minimum absolute atomic E-state index is 0.502. The predicted octanol–water partition coefficient (Wildman–Crippen LogP) is 3.51. The Hall–Kier alpha value is -1.13. The first kappa shape index (κ1) is 15.3. The van der Waals surface area contributed by atoms with Gasteiger partial charge in [-0.1, -0.05) is 41.1 Å². The highest BCUT2D eigenvalue weighted by Crippen LogP contribution is 2.27. The summed E-state index contributed by atoms with van der Waals surface area (Å²) in [5.41, 5.74) is 1.38. The molecule has 0 spiro atoms. The maximum atomic E-state index is 4.41. The molecule has 1 heterocycles. The lowest BCUT2D eigenvalue weighted by Gasteiger charge is -2.19. The quantitative estimate of drug-likeness (QED) is 0.839. The number of aromatic nitrogens is 2. The van der Waals surface area contributed by atoms with E-state index in [1.54, 1.807) is 0 Å². The van der Waals surface area contributed by atoms with E-state index in [4.69, 9.17) is 0 Å².